The number of aryl methyl sites for hydroxylation is 1. The second kappa shape index (κ2) is 7.30. The van der Waals surface area contributed by atoms with Crippen LogP contribution in [0.25, 0.3) is 0 Å². The van der Waals surface area contributed by atoms with Gasteiger partial charge in [-0.2, -0.15) is 4.31 Å². The van der Waals surface area contributed by atoms with Crippen molar-refractivity contribution in [1.29, 1.82) is 0 Å². The van der Waals surface area contributed by atoms with Gasteiger partial charge in [-0.05, 0) is 56.7 Å². The van der Waals surface area contributed by atoms with Crippen molar-refractivity contribution in [2.45, 2.75) is 43.5 Å². The van der Waals surface area contributed by atoms with Crippen molar-refractivity contribution >= 4 is 22.4 Å². The van der Waals surface area contributed by atoms with Gasteiger partial charge in [-0.3, -0.25) is 0 Å². The maximum absolute atomic E-state index is 12.7. The SMILES string of the molecule is Cc1ccccc1S(=O)(=O)N1CCC(NCC2CC2)CC1.Cl. The summed E-state index contributed by atoms with van der Waals surface area (Å²) in [5, 5.41) is 3.59. The molecule has 1 aromatic rings. The van der Waals surface area contributed by atoms with Gasteiger partial charge in [0, 0.05) is 19.1 Å². The Bertz CT molecular complexity index is 594. The molecule has 124 valence electrons. The third-order valence-corrected chi connectivity index (χ3v) is 6.62. The van der Waals surface area contributed by atoms with Gasteiger partial charge < -0.3 is 5.32 Å². The summed E-state index contributed by atoms with van der Waals surface area (Å²) in [5.41, 5.74) is 0.825. The highest BCUT2D eigenvalue weighted by Gasteiger charge is 2.30. The molecule has 0 atom stereocenters. The Labute approximate surface area is 139 Å². The van der Waals surface area contributed by atoms with Gasteiger partial charge in [-0.1, -0.05) is 18.2 Å². The molecule has 4 nitrogen and oxygen atoms in total. The fourth-order valence-corrected chi connectivity index (χ4v) is 4.64. The van der Waals surface area contributed by atoms with Crippen LogP contribution >= 0.6 is 12.4 Å². The van der Waals surface area contributed by atoms with Crippen LogP contribution in [0, 0.1) is 12.8 Å². The van der Waals surface area contributed by atoms with E-state index in [9.17, 15) is 8.42 Å². The Balaban J connectivity index is 0.00000176. The Morgan fingerprint density at radius 2 is 1.77 bits per heavy atom. The minimum absolute atomic E-state index is 0. The highest BCUT2D eigenvalue weighted by atomic mass is 35.5. The molecule has 1 saturated carbocycles. The first-order chi connectivity index (χ1) is 10.1. The lowest BCUT2D eigenvalue weighted by Gasteiger charge is -2.32. The number of piperidine rings is 1. The highest BCUT2D eigenvalue weighted by Crippen LogP contribution is 2.28. The zero-order chi connectivity index (χ0) is 14.9. The van der Waals surface area contributed by atoms with E-state index >= 15 is 0 Å². The average Bonchev–Trinajstić information content (AvgIpc) is 3.30. The normalized spacial score (nSPS) is 20.6. The van der Waals surface area contributed by atoms with Gasteiger partial charge in [-0.15, -0.1) is 12.4 Å². The maximum atomic E-state index is 12.7. The van der Waals surface area contributed by atoms with Crippen LogP contribution in [0.4, 0.5) is 0 Å². The van der Waals surface area contributed by atoms with Gasteiger partial charge in [0.15, 0.2) is 0 Å². The molecule has 1 heterocycles. The summed E-state index contributed by atoms with van der Waals surface area (Å²) in [5.74, 6) is 0.874. The summed E-state index contributed by atoms with van der Waals surface area (Å²) in [4.78, 5) is 0.453. The molecule has 1 saturated heterocycles. The second-order valence-corrected chi connectivity index (χ2v) is 8.20. The Morgan fingerprint density at radius 3 is 2.36 bits per heavy atom. The van der Waals surface area contributed by atoms with Gasteiger partial charge >= 0.3 is 0 Å². The van der Waals surface area contributed by atoms with Gasteiger partial charge in [0.1, 0.15) is 0 Å². The van der Waals surface area contributed by atoms with E-state index in [1.807, 2.05) is 19.1 Å². The number of nitrogens with one attached hydrogen (secondary N) is 1. The summed E-state index contributed by atoms with van der Waals surface area (Å²) in [6, 6.07) is 7.72. The molecule has 1 aliphatic carbocycles. The molecular weight excluding hydrogens is 320 g/mol. The van der Waals surface area contributed by atoms with E-state index in [2.05, 4.69) is 5.32 Å². The molecule has 1 aromatic carbocycles. The van der Waals surface area contributed by atoms with Crippen LogP contribution in [0.15, 0.2) is 29.2 Å². The predicted octanol–water partition coefficient (Wildman–Crippen LogP) is 2.57. The van der Waals surface area contributed by atoms with Crippen molar-refractivity contribution in [3.8, 4) is 0 Å². The number of nitrogens with zero attached hydrogens (tertiary/aromatic N) is 1. The first kappa shape index (κ1) is 17.7. The molecule has 2 fully saturated rings. The first-order valence-corrected chi connectivity index (χ1v) is 9.30. The van der Waals surface area contributed by atoms with Crippen LogP contribution in [-0.4, -0.2) is 38.4 Å². The van der Waals surface area contributed by atoms with E-state index in [1.54, 1.807) is 16.4 Å². The molecule has 0 bridgehead atoms. The minimum Gasteiger partial charge on any atom is -0.314 e. The largest absolute Gasteiger partial charge is 0.314 e. The molecule has 22 heavy (non-hydrogen) atoms. The molecule has 0 radical (unpaired) electrons. The lowest BCUT2D eigenvalue weighted by atomic mass is 10.1. The Morgan fingerprint density at radius 1 is 1.14 bits per heavy atom. The molecular formula is C16H25ClN2O2S. The third-order valence-electron chi connectivity index (χ3n) is 4.56. The monoisotopic (exact) mass is 344 g/mol. The van der Waals surface area contributed by atoms with E-state index in [0.717, 1.165) is 30.9 Å². The number of hydrogen-bond acceptors (Lipinski definition) is 3. The van der Waals surface area contributed by atoms with E-state index in [-0.39, 0.29) is 12.4 Å². The maximum Gasteiger partial charge on any atom is 0.243 e. The molecule has 1 N–H and O–H groups in total. The fraction of sp³-hybridized carbons (Fsp3) is 0.625. The zero-order valence-electron chi connectivity index (χ0n) is 13.0. The number of benzene rings is 1. The summed E-state index contributed by atoms with van der Waals surface area (Å²) in [6.07, 6.45) is 4.54. The average molecular weight is 345 g/mol. The number of halogens is 1. The van der Waals surface area contributed by atoms with Gasteiger partial charge in [0.25, 0.3) is 0 Å². The van der Waals surface area contributed by atoms with Crippen molar-refractivity contribution in [1.82, 2.24) is 9.62 Å². The van der Waals surface area contributed by atoms with Gasteiger partial charge in [0.05, 0.1) is 4.90 Å². The zero-order valence-corrected chi connectivity index (χ0v) is 14.6. The summed E-state index contributed by atoms with van der Waals surface area (Å²) >= 11 is 0. The van der Waals surface area contributed by atoms with E-state index in [4.69, 9.17) is 0 Å². The molecule has 2 aliphatic rings. The second-order valence-electron chi connectivity index (χ2n) is 6.30. The lowest BCUT2D eigenvalue weighted by molar-refractivity contribution is 0.288. The lowest BCUT2D eigenvalue weighted by Crippen LogP contribution is -2.45. The van der Waals surface area contributed by atoms with E-state index in [0.29, 0.717) is 24.0 Å². The topological polar surface area (TPSA) is 49.4 Å². The van der Waals surface area contributed by atoms with Crippen LogP contribution in [0.5, 0.6) is 0 Å². The van der Waals surface area contributed by atoms with Crippen molar-refractivity contribution in [2.75, 3.05) is 19.6 Å². The van der Waals surface area contributed by atoms with E-state index in [1.165, 1.54) is 12.8 Å². The standard InChI is InChI=1S/C16H24N2O2S.ClH/c1-13-4-2-3-5-16(13)21(19,20)18-10-8-15(9-11-18)17-12-14-6-7-14;/h2-5,14-15,17H,6-12H2,1H3;1H. The van der Waals surface area contributed by atoms with Gasteiger partial charge in [0.2, 0.25) is 10.0 Å². The summed E-state index contributed by atoms with van der Waals surface area (Å²) in [7, 11) is -3.33. The molecule has 6 heteroatoms. The Kier molecular flexibility index (Phi) is 5.88. The molecule has 0 aromatic heterocycles. The number of hydrogen-bond donors (Lipinski definition) is 1. The number of rotatable bonds is 5. The fourth-order valence-electron chi connectivity index (χ4n) is 2.94. The van der Waals surface area contributed by atoms with Crippen molar-refractivity contribution < 1.29 is 8.42 Å². The summed E-state index contributed by atoms with van der Waals surface area (Å²) < 4.78 is 27.0. The molecule has 1 aliphatic heterocycles. The molecule has 0 amide bonds. The summed E-state index contributed by atoms with van der Waals surface area (Å²) in [6.45, 7) is 4.21. The third kappa shape index (κ3) is 4.02. The van der Waals surface area contributed by atoms with Crippen molar-refractivity contribution in [2.24, 2.45) is 5.92 Å². The molecule has 3 rings (SSSR count). The quantitative estimate of drug-likeness (QED) is 0.893. The number of sulfonamides is 1. The van der Waals surface area contributed by atoms with Crippen LogP contribution in [-0.2, 0) is 10.0 Å². The van der Waals surface area contributed by atoms with E-state index < -0.39 is 10.0 Å². The molecule has 0 unspecified atom stereocenters. The van der Waals surface area contributed by atoms with Crippen LogP contribution in [0.3, 0.4) is 0 Å². The van der Waals surface area contributed by atoms with Crippen LogP contribution < -0.4 is 5.32 Å². The van der Waals surface area contributed by atoms with Gasteiger partial charge in [-0.25, -0.2) is 8.42 Å². The van der Waals surface area contributed by atoms with Crippen molar-refractivity contribution in [3.05, 3.63) is 29.8 Å². The van der Waals surface area contributed by atoms with Crippen LogP contribution in [0.1, 0.15) is 31.2 Å². The Hall–Kier alpha value is -0.620. The van der Waals surface area contributed by atoms with Crippen molar-refractivity contribution in [3.63, 3.8) is 0 Å². The predicted molar refractivity (Wildman–Crippen MR) is 90.9 cm³/mol. The first-order valence-electron chi connectivity index (χ1n) is 7.86. The molecule has 0 spiro atoms. The smallest absolute Gasteiger partial charge is 0.243 e. The highest BCUT2D eigenvalue weighted by molar-refractivity contribution is 7.89. The van der Waals surface area contributed by atoms with Crippen LogP contribution in [0.2, 0.25) is 0 Å². The minimum atomic E-state index is -3.33.